The van der Waals surface area contributed by atoms with Gasteiger partial charge in [-0.2, -0.15) is 0 Å². The van der Waals surface area contributed by atoms with Crippen molar-refractivity contribution < 1.29 is 0 Å². The molecule has 1 aromatic rings. The highest BCUT2D eigenvalue weighted by Crippen LogP contribution is 2.25. The summed E-state index contributed by atoms with van der Waals surface area (Å²) in [7, 11) is 0. The molecule has 0 atom stereocenters. The van der Waals surface area contributed by atoms with Crippen molar-refractivity contribution in [2.75, 3.05) is 0 Å². The average Bonchev–Trinajstić information content (AvgIpc) is 2.75. The van der Waals surface area contributed by atoms with Crippen LogP contribution in [0.2, 0.25) is 0 Å². The van der Waals surface area contributed by atoms with E-state index in [-0.39, 0.29) is 0 Å². The van der Waals surface area contributed by atoms with Crippen molar-refractivity contribution in [1.29, 1.82) is 0 Å². The van der Waals surface area contributed by atoms with Crippen molar-refractivity contribution in [2.45, 2.75) is 66.6 Å². The van der Waals surface area contributed by atoms with E-state index in [1.165, 1.54) is 24.0 Å². The van der Waals surface area contributed by atoms with Crippen LogP contribution >= 0.6 is 0 Å². The van der Waals surface area contributed by atoms with Gasteiger partial charge in [0.15, 0.2) is 0 Å². The van der Waals surface area contributed by atoms with Crippen molar-refractivity contribution in [1.82, 2.24) is 4.90 Å². The molecule has 0 amide bonds. The summed E-state index contributed by atoms with van der Waals surface area (Å²) in [6.45, 7) is 13.1. The van der Waals surface area contributed by atoms with Crippen LogP contribution < -0.4 is 0 Å². The molecule has 1 aromatic carbocycles. The zero-order valence-corrected chi connectivity index (χ0v) is 12.1. The fourth-order valence-corrected chi connectivity index (χ4v) is 2.28. The Morgan fingerprint density at radius 2 is 1.76 bits per heavy atom. The van der Waals surface area contributed by atoms with E-state index in [0.29, 0.717) is 6.04 Å². The SMILES string of the molecule is CC.CCCc1ccc2c(c1)CN(C(C)C)C2. The van der Waals surface area contributed by atoms with E-state index >= 15 is 0 Å². The molecule has 1 heterocycles. The molecular weight excluding hydrogens is 206 g/mol. The number of rotatable bonds is 3. The fraction of sp³-hybridized carbons (Fsp3) is 0.625. The van der Waals surface area contributed by atoms with E-state index in [2.05, 4.69) is 43.9 Å². The van der Waals surface area contributed by atoms with Gasteiger partial charge in [0.2, 0.25) is 0 Å². The van der Waals surface area contributed by atoms with Gasteiger partial charge in [0.25, 0.3) is 0 Å². The number of fused-ring (bicyclic) bond motifs is 1. The summed E-state index contributed by atoms with van der Waals surface area (Å²) in [6, 6.07) is 7.68. The maximum atomic E-state index is 2.53. The van der Waals surface area contributed by atoms with Gasteiger partial charge in [0, 0.05) is 19.1 Å². The minimum Gasteiger partial charge on any atom is -0.292 e. The standard InChI is InChI=1S/C14H21N.C2H6/c1-4-5-12-6-7-13-9-15(11(2)3)10-14(13)8-12;1-2/h6-8,11H,4-5,9-10H2,1-3H3;1-2H3. The van der Waals surface area contributed by atoms with Crippen LogP contribution in [0.3, 0.4) is 0 Å². The molecule has 0 bridgehead atoms. The first kappa shape index (κ1) is 14.2. The summed E-state index contributed by atoms with van der Waals surface area (Å²) in [5.41, 5.74) is 4.58. The monoisotopic (exact) mass is 233 g/mol. The Labute approximate surface area is 107 Å². The van der Waals surface area contributed by atoms with Crippen LogP contribution in [0, 0.1) is 0 Å². The lowest BCUT2D eigenvalue weighted by molar-refractivity contribution is 0.227. The Morgan fingerprint density at radius 1 is 1.12 bits per heavy atom. The molecule has 17 heavy (non-hydrogen) atoms. The normalized spacial score (nSPS) is 14.5. The third-order valence-corrected chi connectivity index (χ3v) is 3.29. The first-order chi connectivity index (χ1) is 8.20. The second-order valence-electron chi connectivity index (χ2n) is 4.85. The highest BCUT2D eigenvalue weighted by molar-refractivity contribution is 5.34. The van der Waals surface area contributed by atoms with Crippen LogP contribution in [0.4, 0.5) is 0 Å². The molecule has 0 N–H and O–H groups in total. The van der Waals surface area contributed by atoms with Crippen molar-refractivity contribution in [3.8, 4) is 0 Å². The maximum absolute atomic E-state index is 2.53. The average molecular weight is 233 g/mol. The predicted molar refractivity (Wildman–Crippen MR) is 76.2 cm³/mol. The van der Waals surface area contributed by atoms with E-state index in [0.717, 1.165) is 13.1 Å². The molecule has 1 aliphatic heterocycles. The summed E-state index contributed by atoms with van der Waals surface area (Å²) in [5.74, 6) is 0. The molecule has 2 rings (SSSR count). The first-order valence-corrected chi connectivity index (χ1v) is 7.05. The minimum absolute atomic E-state index is 0.659. The lowest BCUT2D eigenvalue weighted by atomic mass is 10.0. The Bertz CT molecular complexity index is 341. The van der Waals surface area contributed by atoms with Gasteiger partial charge in [-0.3, -0.25) is 4.90 Å². The van der Waals surface area contributed by atoms with Crippen molar-refractivity contribution in [2.24, 2.45) is 0 Å². The molecule has 0 saturated carbocycles. The highest BCUT2D eigenvalue weighted by Gasteiger charge is 2.20. The Balaban J connectivity index is 0.000000686. The number of aryl methyl sites for hydroxylation is 1. The molecule has 0 aromatic heterocycles. The van der Waals surface area contributed by atoms with Crippen LogP contribution in [0.5, 0.6) is 0 Å². The third-order valence-electron chi connectivity index (χ3n) is 3.29. The van der Waals surface area contributed by atoms with E-state index in [1.54, 1.807) is 5.56 Å². The van der Waals surface area contributed by atoms with Gasteiger partial charge in [-0.1, -0.05) is 45.4 Å². The van der Waals surface area contributed by atoms with E-state index in [1.807, 2.05) is 13.8 Å². The molecule has 1 aliphatic rings. The van der Waals surface area contributed by atoms with E-state index in [9.17, 15) is 0 Å². The Kier molecular flexibility index (Phi) is 5.70. The molecular formula is C16H27N. The molecule has 1 heteroatoms. The van der Waals surface area contributed by atoms with Gasteiger partial charge in [0.05, 0.1) is 0 Å². The van der Waals surface area contributed by atoms with Crippen molar-refractivity contribution in [3.63, 3.8) is 0 Å². The zero-order valence-electron chi connectivity index (χ0n) is 12.1. The lowest BCUT2D eigenvalue weighted by Crippen LogP contribution is -2.24. The molecule has 0 saturated heterocycles. The van der Waals surface area contributed by atoms with Crippen LogP contribution in [-0.4, -0.2) is 10.9 Å². The predicted octanol–water partition coefficient (Wildman–Crippen LogP) is 4.39. The van der Waals surface area contributed by atoms with Crippen LogP contribution in [0.25, 0.3) is 0 Å². The van der Waals surface area contributed by atoms with Crippen molar-refractivity contribution >= 4 is 0 Å². The van der Waals surface area contributed by atoms with Crippen LogP contribution in [0.15, 0.2) is 18.2 Å². The maximum Gasteiger partial charge on any atom is 0.0243 e. The molecule has 0 radical (unpaired) electrons. The van der Waals surface area contributed by atoms with Gasteiger partial charge in [-0.25, -0.2) is 0 Å². The van der Waals surface area contributed by atoms with Gasteiger partial charge < -0.3 is 0 Å². The smallest absolute Gasteiger partial charge is 0.0243 e. The number of benzene rings is 1. The molecule has 0 spiro atoms. The molecule has 0 aliphatic carbocycles. The van der Waals surface area contributed by atoms with Crippen LogP contribution in [-0.2, 0) is 19.5 Å². The van der Waals surface area contributed by atoms with Gasteiger partial charge in [-0.05, 0) is 37.0 Å². The molecule has 96 valence electrons. The Hall–Kier alpha value is -0.820. The van der Waals surface area contributed by atoms with Crippen LogP contribution in [0.1, 0.15) is 57.7 Å². The minimum atomic E-state index is 0.659. The van der Waals surface area contributed by atoms with E-state index < -0.39 is 0 Å². The van der Waals surface area contributed by atoms with Crippen molar-refractivity contribution in [3.05, 3.63) is 34.9 Å². The van der Waals surface area contributed by atoms with Gasteiger partial charge in [-0.15, -0.1) is 0 Å². The lowest BCUT2D eigenvalue weighted by Gasteiger charge is -2.18. The zero-order chi connectivity index (χ0) is 12.8. The summed E-state index contributed by atoms with van der Waals surface area (Å²) < 4.78 is 0. The third kappa shape index (κ3) is 3.57. The Morgan fingerprint density at radius 3 is 2.35 bits per heavy atom. The summed E-state index contributed by atoms with van der Waals surface area (Å²) in [4.78, 5) is 2.53. The number of hydrogen-bond donors (Lipinski definition) is 0. The molecule has 0 fully saturated rings. The first-order valence-electron chi connectivity index (χ1n) is 7.05. The van der Waals surface area contributed by atoms with E-state index in [4.69, 9.17) is 0 Å². The summed E-state index contributed by atoms with van der Waals surface area (Å²) in [6.07, 6.45) is 2.46. The fourth-order valence-electron chi connectivity index (χ4n) is 2.28. The van der Waals surface area contributed by atoms with Gasteiger partial charge >= 0.3 is 0 Å². The molecule has 0 unspecified atom stereocenters. The largest absolute Gasteiger partial charge is 0.292 e. The summed E-state index contributed by atoms with van der Waals surface area (Å²) >= 11 is 0. The second kappa shape index (κ2) is 6.80. The number of hydrogen-bond acceptors (Lipinski definition) is 1. The van der Waals surface area contributed by atoms with Gasteiger partial charge in [0.1, 0.15) is 0 Å². The quantitative estimate of drug-likeness (QED) is 0.748. The molecule has 1 nitrogen and oxygen atoms in total. The summed E-state index contributed by atoms with van der Waals surface area (Å²) in [5, 5.41) is 0. The second-order valence-corrected chi connectivity index (χ2v) is 4.85. The highest BCUT2D eigenvalue weighted by atomic mass is 15.2. The number of nitrogens with zero attached hydrogens (tertiary/aromatic N) is 1. The topological polar surface area (TPSA) is 3.24 Å².